The Morgan fingerprint density at radius 3 is 2.62 bits per heavy atom. The zero-order chi connectivity index (χ0) is 17.6. The van der Waals surface area contributed by atoms with Crippen LogP contribution < -0.4 is 10.1 Å². The fraction of sp³-hybridized carbons (Fsp3) is 0.562. The van der Waals surface area contributed by atoms with E-state index in [1.165, 1.54) is 4.31 Å². The van der Waals surface area contributed by atoms with Crippen LogP contribution in [0.25, 0.3) is 0 Å². The molecule has 1 aliphatic heterocycles. The van der Waals surface area contributed by atoms with Gasteiger partial charge in [0.25, 0.3) is 0 Å². The first-order chi connectivity index (χ1) is 11.4. The van der Waals surface area contributed by atoms with Crippen molar-refractivity contribution in [2.24, 2.45) is 0 Å². The lowest BCUT2D eigenvalue weighted by molar-refractivity contribution is -0.116. The summed E-state index contributed by atoms with van der Waals surface area (Å²) in [6, 6.07) is 6.96. The monoisotopic (exact) mass is 356 g/mol. The van der Waals surface area contributed by atoms with Gasteiger partial charge in [0.05, 0.1) is 19.5 Å². The number of benzene rings is 1. The molecule has 1 aromatic carbocycles. The van der Waals surface area contributed by atoms with E-state index in [2.05, 4.69) is 5.32 Å². The van der Waals surface area contributed by atoms with E-state index in [-0.39, 0.29) is 25.0 Å². The van der Waals surface area contributed by atoms with Crippen molar-refractivity contribution in [3.8, 4) is 5.75 Å². The fourth-order valence-electron chi connectivity index (χ4n) is 2.53. The van der Waals surface area contributed by atoms with Crippen LogP contribution in [0.5, 0.6) is 5.75 Å². The smallest absolute Gasteiger partial charge is 0.225 e. The second-order valence-electron chi connectivity index (χ2n) is 5.78. The Morgan fingerprint density at radius 2 is 2.08 bits per heavy atom. The molecule has 1 atom stereocenters. The molecule has 0 aliphatic carbocycles. The van der Waals surface area contributed by atoms with Gasteiger partial charge in [0.1, 0.15) is 5.75 Å². The Morgan fingerprint density at radius 1 is 1.38 bits per heavy atom. The third-order valence-corrected chi connectivity index (χ3v) is 5.13. The highest BCUT2D eigenvalue weighted by Crippen LogP contribution is 2.17. The number of carbonyl (C=O) groups excluding carboxylic acids is 1. The maximum atomic E-state index is 12.0. The number of sulfonamides is 1. The van der Waals surface area contributed by atoms with Gasteiger partial charge in [-0.1, -0.05) is 0 Å². The number of nitrogens with zero attached hydrogens (tertiary/aromatic N) is 1. The summed E-state index contributed by atoms with van der Waals surface area (Å²) < 4.78 is 35.6. The molecule has 0 radical (unpaired) electrons. The minimum absolute atomic E-state index is 0.0793. The Bertz CT molecular complexity index is 639. The number of nitrogens with one attached hydrogen (secondary N) is 1. The molecule has 1 N–H and O–H groups in total. The lowest BCUT2D eigenvalue weighted by Crippen LogP contribution is -2.38. The van der Waals surface area contributed by atoms with Gasteiger partial charge in [-0.2, -0.15) is 4.31 Å². The molecule has 1 saturated heterocycles. The third kappa shape index (κ3) is 5.77. The van der Waals surface area contributed by atoms with Crippen molar-refractivity contribution in [1.29, 1.82) is 0 Å². The van der Waals surface area contributed by atoms with Gasteiger partial charge in [-0.05, 0) is 37.1 Å². The normalized spacial score (nSPS) is 17.9. The van der Waals surface area contributed by atoms with Crippen LogP contribution in [0.4, 0.5) is 5.69 Å². The van der Waals surface area contributed by atoms with Crippen molar-refractivity contribution in [3.63, 3.8) is 0 Å². The van der Waals surface area contributed by atoms with Gasteiger partial charge >= 0.3 is 0 Å². The number of ether oxygens (including phenoxy) is 2. The summed E-state index contributed by atoms with van der Waals surface area (Å²) in [6.07, 6.45) is 2.96. The lowest BCUT2D eigenvalue weighted by Gasteiger charge is -2.22. The summed E-state index contributed by atoms with van der Waals surface area (Å²) in [7, 11) is -1.80. The highest BCUT2D eigenvalue weighted by molar-refractivity contribution is 7.88. The predicted octanol–water partition coefficient (Wildman–Crippen LogP) is 1.46. The van der Waals surface area contributed by atoms with Crippen molar-refractivity contribution >= 4 is 21.6 Å². The second-order valence-corrected chi connectivity index (χ2v) is 7.77. The first-order valence-corrected chi connectivity index (χ1v) is 9.74. The maximum Gasteiger partial charge on any atom is 0.225 e. The predicted molar refractivity (Wildman–Crippen MR) is 91.6 cm³/mol. The minimum atomic E-state index is -3.37. The van der Waals surface area contributed by atoms with E-state index in [1.54, 1.807) is 31.4 Å². The standard InChI is InChI=1S/C16H24N2O5S/c1-22-14-7-5-13(6-8-14)17-16(19)9-10-18(24(2,20)21)12-15-4-3-11-23-15/h5-8,15H,3-4,9-12H2,1-2H3,(H,17,19). The molecule has 1 heterocycles. The number of hydrogen-bond donors (Lipinski definition) is 1. The van der Waals surface area contributed by atoms with Crippen LogP contribution >= 0.6 is 0 Å². The molecule has 0 aromatic heterocycles. The van der Waals surface area contributed by atoms with Crippen molar-refractivity contribution in [3.05, 3.63) is 24.3 Å². The van der Waals surface area contributed by atoms with Gasteiger partial charge in [-0.15, -0.1) is 0 Å². The summed E-state index contributed by atoms with van der Waals surface area (Å²) in [5.41, 5.74) is 0.644. The first-order valence-electron chi connectivity index (χ1n) is 7.89. The number of methoxy groups -OCH3 is 1. The van der Waals surface area contributed by atoms with Crippen LogP contribution in [-0.2, 0) is 19.6 Å². The molecule has 1 aromatic rings. The number of carbonyl (C=O) groups is 1. The van der Waals surface area contributed by atoms with E-state index in [4.69, 9.17) is 9.47 Å². The Kier molecular flexibility index (Phi) is 6.59. The molecule has 1 fully saturated rings. The van der Waals surface area contributed by atoms with Gasteiger partial charge in [-0.3, -0.25) is 4.79 Å². The molecule has 24 heavy (non-hydrogen) atoms. The van der Waals surface area contributed by atoms with E-state index in [0.717, 1.165) is 19.1 Å². The van der Waals surface area contributed by atoms with E-state index in [1.807, 2.05) is 0 Å². The Hall–Kier alpha value is -1.64. The molecular formula is C16H24N2O5S. The highest BCUT2D eigenvalue weighted by atomic mass is 32.2. The van der Waals surface area contributed by atoms with Gasteiger partial charge in [-0.25, -0.2) is 8.42 Å². The van der Waals surface area contributed by atoms with E-state index in [0.29, 0.717) is 24.6 Å². The molecule has 0 saturated carbocycles. The van der Waals surface area contributed by atoms with Gasteiger partial charge in [0, 0.05) is 31.8 Å². The zero-order valence-electron chi connectivity index (χ0n) is 14.0. The van der Waals surface area contributed by atoms with Crippen molar-refractivity contribution in [2.75, 3.05) is 38.4 Å². The topological polar surface area (TPSA) is 84.9 Å². The molecule has 2 rings (SSSR count). The highest BCUT2D eigenvalue weighted by Gasteiger charge is 2.25. The number of rotatable bonds is 8. The molecule has 0 bridgehead atoms. The van der Waals surface area contributed by atoms with Crippen LogP contribution in [0.2, 0.25) is 0 Å². The van der Waals surface area contributed by atoms with E-state index < -0.39 is 10.0 Å². The zero-order valence-corrected chi connectivity index (χ0v) is 14.8. The van der Waals surface area contributed by atoms with Crippen LogP contribution in [0.3, 0.4) is 0 Å². The second kappa shape index (κ2) is 8.46. The third-order valence-electron chi connectivity index (χ3n) is 3.86. The molecular weight excluding hydrogens is 332 g/mol. The maximum absolute atomic E-state index is 12.0. The molecule has 8 heteroatoms. The molecule has 1 aliphatic rings. The summed E-state index contributed by atoms with van der Waals surface area (Å²) in [5, 5.41) is 2.75. The Balaban J connectivity index is 1.86. The van der Waals surface area contributed by atoms with Crippen LogP contribution in [0, 0.1) is 0 Å². The van der Waals surface area contributed by atoms with Crippen molar-refractivity contribution in [2.45, 2.75) is 25.4 Å². The summed E-state index contributed by atoms with van der Waals surface area (Å²) in [5.74, 6) is 0.467. The average molecular weight is 356 g/mol. The van der Waals surface area contributed by atoms with Crippen molar-refractivity contribution in [1.82, 2.24) is 4.31 Å². The minimum Gasteiger partial charge on any atom is -0.497 e. The quantitative estimate of drug-likeness (QED) is 0.762. The molecule has 1 unspecified atom stereocenters. The summed E-state index contributed by atoms with van der Waals surface area (Å²) in [6.45, 7) is 1.11. The largest absolute Gasteiger partial charge is 0.497 e. The molecule has 0 spiro atoms. The summed E-state index contributed by atoms with van der Waals surface area (Å²) >= 11 is 0. The fourth-order valence-corrected chi connectivity index (χ4v) is 3.39. The van der Waals surface area contributed by atoms with E-state index >= 15 is 0 Å². The average Bonchev–Trinajstić information content (AvgIpc) is 3.04. The van der Waals surface area contributed by atoms with Gasteiger partial charge in [0.2, 0.25) is 15.9 Å². The van der Waals surface area contributed by atoms with E-state index in [9.17, 15) is 13.2 Å². The number of hydrogen-bond acceptors (Lipinski definition) is 5. The number of amides is 1. The van der Waals surface area contributed by atoms with Crippen LogP contribution in [0.15, 0.2) is 24.3 Å². The van der Waals surface area contributed by atoms with Crippen molar-refractivity contribution < 1.29 is 22.7 Å². The first kappa shape index (κ1) is 18.7. The van der Waals surface area contributed by atoms with Gasteiger partial charge < -0.3 is 14.8 Å². The Labute approximate surface area is 143 Å². The molecule has 1 amide bonds. The SMILES string of the molecule is COc1ccc(NC(=O)CCN(CC2CCCO2)S(C)(=O)=O)cc1. The van der Waals surface area contributed by atoms with Crippen LogP contribution in [0.1, 0.15) is 19.3 Å². The number of anilines is 1. The van der Waals surface area contributed by atoms with Crippen LogP contribution in [-0.4, -0.2) is 57.8 Å². The van der Waals surface area contributed by atoms with Gasteiger partial charge in [0.15, 0.2) is 0 Å². The molecule has 7 nitrogen and oxygen atoms in total. The molecule has 134 valence electrons. The lowest BCUT2D eigenvalue weighted by atomic mass is 10.2. The summed E-state index contributed by atoms with van der Waals surface area (Å²) in [4.78, 5) is 12.0.